The number of phenols is 2. The lowest BCUT2D eigenvalue weighted by molar-refractivity contribution is 0.275. The van der Waals surface area contributed by atoms with Crippen LogP contribution in [0.15, 0.2) is 12.1 Å². The largest absolute Gasteiger partial charge is 0.507 e. The van der Waals surface area contributed by atoms with Crippen LogP contribution in [0.2, 0.25) is 0 Å². The van der Waals surface area contributed by atoms with Crippen LogP contribution in [0.25, 0.3) is 0 Å². The van der Waals surface area contributed by atoms with Crippen molar-refractivity contribution in [2.75, 3.05) is 0 Å². The summed E-state index contributed by atoms with van der Waals surface area (Å²) in [6, 6.07) is 4.00. The zero-order valence-electron chi connectivity index (χ0n) is 6.15. The second-order valence-corrected chi connectivity index (χ2v) is 2.27. The maximum atomic E-state index is 9.08. The summed E-state index contributed by atoms with van der Waals surface area (Å²) in [5.74, 6) is -0.499. The number of aliphatic hydroxyl groups is 1. The van der Waals surface area contributed by atoms with Gasteiger partial charge in [-0.05, 0) is 6.07 Å². The lowest BCUT2D eigenvalue weighted by atomic mass is 10.1. The van der Waals surface area contributed by atoms with Gasteiger partial charge in [0.2, 0.25) is 0 Å². The second kappa shape index (κ2) is 3.11. The van der Waals surface area contributed by atoms with Crippen molar-refractivity contribution in [3.05, 3.63) is 23.3 Å². The van der Waals surface area contributed by atoms with Crippen molar-refractivity contribution in [1.82, 2.24) is 0 Å². The van der Waals surface area contributed by atoms with E-state index in [4.69, 9.17) is 20.6 Å². The van der Waals surface area contributed by atoms with E-state index < -0.39 is 0 Å². The van der Waals surface area contributed by atoms with Crippen LogP contribution in [0, 0.1) is 11.3 Å². The first-order valence-electron chi connectivity index (χ1n) is 3.25. The van der Waals surface area contributed by atoms with Crippen molar-refractivity contribution in [3.8, 4) is 17.6 Å². The zero-order chi connectivity index (χ0) is 9.14. The molecule has 4 heteroatoms. The Labute approximate surface area is 68.9 Å². The summed E-state index contributed by atoms with van der Waals surface area (Å²) in [6.45, 7) is -0.360. The Morgan fingerprint density at radius 3 is 2.42 bits per heavy atom. The predicted octanol–water partition coefficient (Wildman–Crippen LogP) is 0.462. The molecule has 0 saturated carbocycles. The summed E-state index contributed by atoms with van der Waals surface area (Å²) in [5, 5.41) is 35.3. The fourth-order valence-electron chi connectivity index (χ4n) is 0.838. The van der Waals surface area contributed by atoms with Gasteiger partial charge in [0.15, 0.2) is 0 Å². The van der Waals surface area contributed by atoms with Crippen molar-refractivity contribution < 1.29 is 15.3 Å². The summed E-state index contributed by atoms with van der Waals surface area (Å²) >= 11 is 0. The lowest BCUT2D eigenvalue weighted by Crippen LogP contribution is -1.86. The van der Waals surface area contributed by atoms with Crippen molar-refractivity contribution in [2.45, 2.75) is 6.61 Å². The van der Waals surface area contributed by atoms with E-state index in [1.165, 1.54) is 6.07 Å². The van der Waals surface area contributed by atoms with E-state index in [9.17, 15) is 0 Å². The van der Waals surface area contributed by atoms with Gasteiger partial charge in [0.25, 0.3) is 0 Å². The zero-order valence-corrected chi connectivity index (χ0v) is 6.15. The van der Waals surface area contributed by atoms with Gasteiger partial charge in [0.1, 0.15) is 17.6 Å². The van der Waals surface area contributed by atoms with Crippen LogP contribution < -0.4 is 0 Å². The van der Waals surface area contributed by atoms with Crippen LogP contribution in [0.5, 0.6) is 11.5 Å². The molecular formula is C8H7NO3. The summed E-state index contributed by atoms with van der Waals surface area (Å²) in [6.07, 6.45) is 0. The van der Waals surface area contributed by atoms with Crippen LogP contribution >= 0.6 is 0 Å². The monoisotopic (exact) mass is 165 g/mol. The van der Waals surface area contributed by atoms with E-state index in [0.29, 0.717) is 0 Å². The molecule has 62 valence electrons. The first kappa shape index (κ1) is 8.37. The number of nitriles is 1. The number of phenolic OH excluding ortho intramolecular Hbond substituents is 1. The number of benzene rings is 1. The molecule has 12 heavy (non-hydrogen) atoms. The van der Waals surface area contributed by atoms with Crippen LogP contribution in [-0.2, 0) is 6.61 Å². The van der Waals surface area contributed by atoms with E-state index in [0.717, 1.165) is 6.07 Å². The molecule has 1 aromatic carbocycles. The van der Waals surface area contributed by atoms with E-state index >= 15 is 0 Å². The minimum Gasteiger partial charge on any atom is -0.507 e. The van der Waals surface area contributed by atoms with Crippen LogP contribution in [-0.4, -0.2) is 15.3 Å². The molecule has 4 nitrogen and oxygen atoms in total. The smallest absolute Gasteiger partial charge is 0.137 e. The first-order chi connectivity index (χ1) is 5.69. The molecule has 0 radical (unpaired) electrons. The standard InChI is InChI=1S/C8H7NO3/c9-3-5-1-6(4-10)8(12)2-7(5)11/h1-2,10-12H,4H2. The van der Waals surface area contributed by atoms with Gasteiger partial charge in [-0.15, -0.1) is 0 Å². The molecule has 3 N–H and O–H groups in total. The molecule has 0 aromatic heterocycles. The third-order valence-corrected chi connectivity index (χ3v) is 1.49. The van der Waals surface area contributed by atoms with Gasteiger partial charge in [0.05, 0.1) is 12.2 Å². The quantitative estimate of drug-likeness (QED) is 0.564. The molecule has 0 aliphatic carbocycles. The summed E-state index contributed by atoms with van der Waals surface area (Å²) < 4.78 is 0. The van der Waals surface area contributed by atoms with Gasteiger partial charge < -0.3 is 15.3 Å². The number of aromatic hydroxyl groups is 2. The van der Waals surface area contributed by atoms with Crippen molar-refractivity contribution in [3.63, 3.8) is 0 Å². The van der Waals surface area contributed by atoms with E-state index in [-0.39, 0.29) is 29.2 Å². The molecule has 1 rings (SSSR count). The number of rotatable bonds is 1. The van der Waals surface area contributed by atoms with E-state index in [2.05, 4.69) is 0 Å². The predicted molar refractivity (Wildman–Crippen MR) is 40.4 cm³/mol. The third-order valence-electron chi connectivity index (χ3n) is 1.49. The highest BCUT2D eigenvalue weighted by Gasteiger charge is 2.06. The topological polar surface area (TPSA) is 84.5 Å². The Kier molecular flexibility index (Phi) is 2.17. The third kappa shape index (κ3) is 1.31. The molecule has 0 atom stereocenters. The normalized spacial score (nSPS) is 9.33. The first-order valence-corrected chi connectivity index (χ1v) is 3.25. The molecule has 1 aromatic rings. The van der Waals surface area contributed by atoms with Crippen LogP contribution in [0.4, 0.5) is 0 Å². The van der Waals surface area contributed by atoms with Gasteiger partial charge in [0, 0.05) is 11.6 Å². The van der Waals surface area contributed by atoms with Gasteiger partial charge in [-0.2, -0.15) is 5.26 Å². The van der Waals surface area contributed by atoms with Crippen molar-refractivity contribution in [2.24, 2.45) is 0 Å². The van der Waals surface area contributed by atoms with Crippen LogP contribution in [0.3, 0.4) is 0 Å². The fraction of sp³-hybridized carbons (Fsp3) is 0.125. The number of hydrogen-bond acceptors (Lipinski definition) is 4. The number of aliphatic hydroxyl groups excluding tert-OH is 1. The highest BCUT2D eigenvalue weighted by atomic mass is 16.3. The Balaban J connectivity index is 3.30. The second-order valence-electron chi connectivity index (χ2n) is 2.27. The summed E-state index contributed by atoms with van der Waals surface area (Å²) in [4.78, 5) is 0. The van der Waals surface area contributed by atoms with Gasteiger partial charge in [-0.25, -0.2) is 0 Å². The van der Waals surface area contributed by atoms with E-state index in [1.54, 1.807) is 6.07 Å². The molecule has 0 aliphatic heterocycles. The van der Waals surface area contributed by atoms with Crippen molar-refractivity contribution in [1.29, 1.82) is 5.26 Å². The summed E-state index contributed by atoms with van der Waals surface area (Å²) in [5.41, 5.74) is 0.265. The Bertz CT molecular complexity index is 341. The fourth-order valence-corrected chi connectivity index (χ4v) is 0.838. The molecular weight excluding hydrogens is 158 g/mol. The van der Waals surface area contributed by atoms with E-state index in [1.807, 2.05) is 0 Å². The lowest BCUT2D eigenvalue weighted by Gasteiger charge is -2.02. The average molecular weight is 165 g/mol. The highest BCUT2D eigenvalue weighted by molar-refractivity contribution is 5.50. The molecule has 0 bridgehead atoms. The SMILES string of the molecule is N#Cc1cc(CO)c(O)cc1O. The molecule has 0 amide bonds. The van der Waals surface area contributed by atoms with Gasteiger partial charge in [-0.1, -0.05) is 0 Å². The average Bonchev–Trinajstić information content (AvgIpc) is 2.05. The Morgan fingerprint density at radius 2 is 1.92 bits per heavy atom. The maximum Gasteiger partial charge on any atom is 0.137 e. The van der Waals surface area contributed by atoms with Gasteiger partial charge >= 0.3 is 0 Å². The van der Waals surface area contributed by atoms with Crippen LogP contribution in [0.1, 0.15) is 11.1 Å². The molecule has 0 aliphatic rings. The maximum absolute atomic E-state index is 9.08. The molecule has 0 heterocycles. The highest BCUT2D eigenvalue weighted by Crippen LogP contribution is 2.26. The minimum absolute atomic E-state index is 0.0388. The molecule has 0 unspecified atom stereocenters. The molecule has 0 saturated heterocycles. The molecule has 0 spiro atoms. The summed E-state index contributed by atoms with van der Waals surface area (Å²) in [7, 11) is 0. The van der Waals surface area contributed by atoms with Gasteiger partial charge in [-0.3, -0.25) is 0 Å². The Morgan fingerprint density at radius 1 is 1.25 bits per heavy atom. The number of hydrogen-bond donors (Lipinski definition) is 3. The number of nitrogens with zero attached hydrogens (tertiary/aromatic N) is 1. The van der Waals surface area contributed by atoms with Crippen molar-refractivity contribution >= 4 is 0 Å². The minimum atomic E-state index is -0.360. The molecule has 0 fully saturated rings. The Hall–Kier alpha value is -1.73.